The summed E-state index contributed by atoms with van der Waals surface area (Å²) < 4.78 is 0. The summed E-state index contributed by atoms with van der Waals surface area (Å²) >= 11 is 3.79. The van der Waals surface area contributed by atoms with Gasteiger partial charge < -0.3 is 5.32 Å². The van der Waals surface area contributed by atoms with E-state index < -0.39 is 0 Å². The second kappa shape index (κ2) is 8.09. The molecule has 0 amide bonds. The number of thioether (sulfide) groups is 1. The molecule has 92 valence electrons. The molecule has 0 radical (unpaired) electrons. The number of nitrogens with zero attached hydrogens (tertiary/aromatic N) is 1. The third kappa shape index (κ3) is 5.87. The van der Waals surface area contributed by atoms with Crippen molar-refractivity contribution in [3.8, 4) is 0 Å². The molecule has 0 fully saturated rings. The second-order valence-corrected chi connectivity index (χ2v) is 6.47. The predicted octanol–water partition coefficient (Wildman–Crippen LogP) is 3.57. The first-order valence-electron chi connectivity index (χ1n) is 5.89. The Morgan fingerprint density at radius 2 is 2.25 bits per heavy atom. The molecule has 1 atom stereocenters. The fraction of sp³-hybridized carbons (Fsp3) is 0.750. The van der Waals surface area contributed by atoms with Gasteiger partial charge in [-0.2, -0.15) is 11.8 Å². The molecule has 1 N–H and O–H groups in total. The molecule has 1 heterocycles. The summed E-state index contributed by atoms with van der Waals surface area (Å²) in [6.07, 6.45) is 3.20. The molecule has 2 nitrogen and oxygen atoms in total. The summed E-state index contributed by atoms with van der Waals surface area (Å²) in [5, 5.41) is 3.53. The molecule has 0 aromatic carbocycles. The van der Waals surface area contributed by atoms with Gasteiger partial charge in [0.25, 0.3) is 0 Å². The van der Waals surface area contributed by atoms with Crippen LogP contribution in [0, 0.1) is 5.92 Å². The van der Waals surface area contributed by atoms with Crippen LogP contribution in [0.15, 0.2) is 11.7 Å². The molecule has 1 aromatic heterocycles. The molecule has 0 aliphatic carbocycles. The maximum absolute atomic E-state index is 4.09. The highest BCUT2D eigenvalue weighted by molar-refractivity contribution is 7.99. The second-order valence-electron chi connectivity index (χ2n) is 4.40. The van der Waals surface area contributed by atoms with Gasteiger partial charge in [-0.05, 0) is 37.3 Å². The minimum atomic E-state index is 0.447. The van der Waals surface area contributed by atoms with Gasteiger partial charge >= 0.3 is 0 Å². The number of hydrogen-bond donors (Lipinski definition) is 1. The van der Waals surface area contributed by atoms with Gasteiger partial charge in [0.1, 0.15) is 0 Å². The first kappa shape index (κ1) is 14.0. The highest BCUT2D eigenvalue weighted by Gasteiger charge is 2.05. The van der Waals surface area contributed by atoms with Crippen LogP contribution >= 0.6 is 23.1 Å². The van der Waals surface area contributed by atoms with Gasteiger partial charge in [-0.15, -0.1) is 11.3 Å². The van der Waals surface area contributed by atoms with Crippen molar-refractivity contribution in [2.24, 2.45) is 5.92 Å². The van der Waals surface area contributed by atoms with E-state index >= 15 is 0 Å². The first-order chi connectivity index (χ1) is 7.70. The maximum Gasteiger partial charge on any atom is 0.0794 e. The quantitative estimate of drug-likeness (QED) is 0.722. The standard InChI is InChI=1S/C12H22N2S2/c1-10(2)8-15-6-4-5-14-11(3)12-7-13-9-16-12/h7,9-11,14H,4-6,8H2,1-3H3. The van der Waals surface area contributed by atoms with E-state index in [1.165, 1.54) is 22.8 Å². The van der Waals surface area contributed by atoms with Gasteiger partial charge in [0.05, 0.1) is 5.51 Å². The van der Waals surface area contributed by atoms with Crippen molar-refractivity contribution in [1.82, 2.24) is 10.3 Å². The first-order valence-corrected chi connectivity index (χ1v) is 7.93. The van der Waals surface area contributed by atoms with Crippen molar-refractivity contribution in [3.05, 3.63) is 16.6 Å². The van der Waals surface area contributed by atoms with Gasteiger partial charge in [0.15, 0.2) is 0 Å². The lowest BCUT2D eigenvalue weighted by molar-refractivity contribution is 0.579. The summed E-state index contributed by atoms with van der Waals surface area (Å²) in [6.45, 7) is 7.85. The van der Waals surface area contributed by atoms with Gasteiger partial charge in [-0.25, -0.2) is 0 Å². The lowest BCUT2D eigenvalue weighted by Crippen LogP contribution is -2.19. The number of nitrogens with one attached hydrogen (secondary N) is 1. The Morgan fingerprint density at radius 1 is 1.44 bits per heavy atom. The molecule has 4 heteroatoms. The van der Waals surface area contributed by atoms with Crippen molar-refractivity contribution < 1.29 is 0 Å². The Bertz CT molecular complexity index is 260. The minimum absolute atomic E-state index is 0.447. The summed E-state index contributed by atoms with van der Waals surface area (Å²) in [5.41, 5.74) is 1.89. The summed E-state index contributed by atoms with van der Waals surface area (Å²) in [5.74, 6) is 3.36. The van der Waals surface area contributed by atoms with E-state index in [1.54, 1.807) is 11.3 Å². The van der Waals surface area contributed by atoms with Gasteiger partial charge in [-0.1, -0.05) is 13.8 Å². The van der Waals surface area contributed by atoms with E-state index in [9.17, 15) is 0 Å². The highest BCUT2D eigenvalue weighted by Crippen LogP contribution is 2.16. The number of aromatic nitrogens is 1. The van der Waals surface area contributed by atoms with Crippen molar-refractivity contribution in [3.63, 3.8) is 0 Å². The molecule has 0 saturated carbocycles. The average molecular weight is 258 g/mol. The molecule has 0 bridgehead atoms. The van der Waals surface area contributed by atoms with Gasteiger partial charge in [0.2, 0.25) is 0 Å². The third-order valence-corrected chi connectivity index (χ3v) is 4.68. The fourth-order valence-electron chi connectivity index (χ4n) is 1.35. The number of hydrogen-bond acceptors (Lipinski definition) is 4. The van der Waals surface area contributed by atoms with Crippen LogP contribution < -0.4 is 5.32 Å². The topological polar surface area (TPSA) is 24.9 Å². The summed E-state index contributed by atoms with van der Waals surface area (Å²) in [6, 6.07) is 0.447. The molecule has 0 aliphatic heterocycles. The lowest BCUT2D eigenvalue weighted by atomic mass is 10.3. The third-order valence-electron chi connectivity index (χ3n) is 2.25. The van der Waals surface area contributed by atoms with Crippen LogP contribution in [0.2, 0.25) is 0 Å². The zero-order chi connectivity index (χ0) is 11.8. The SMILES string of the molecule is CC(C)CSCCCNC(C)c1cncs1. The van der Waals surface area contributed by atoms with Gasteiger partial charge in [-0.3, -0.25) is 4.98 Å². The molecular formula is C12H22N2S2. The normalized spacial score (nSPS) is 13.2. The predicted molar refractivity (Wildman–Crippen MR) is 75.3 cm³/mol. The van der Waals surface area contributed by atoms with Crippen LogP contribution in [0.5, 0.6) is 0 Å². The Labute approximate surface area is 107 Å². The van der Waals surface area contributed by atoms with E-state index in [2.05, 4.69) is 42.8 Å². The molecule has 16 heavy (non-hydrogen) atoms. The van der Waals surface area contributed by atoms with E-state index in [0.717, 1.165) is 12.5 Å². The minimum Gasteiger partial charge on any atom is -0.309 e. The van der Waals surface area contributed by atoms with Crippen LogP contribution in [0.25, 0.3) is 0 Å². The largest absolute Gasteiger partial charge is 0.309 e. The Kier molecular flexibility index (Phi) is 7.08. The highest BCUT2D eigenvalue weighted by atomic mass is 32.2. The molecule has 0 spiro atoms. The van der Waals surface area contributed by atoms with E-state index in [-0.39, 0.29) is 0 Å². The monoisotopic (exact) mass is 258 g/mol. The fourth-order valence-corrected chi connectivity index (χ4v) is 2.99. The summed E-state index contributed by atoms with van der Waals surface area (Å²) in [7, 11) is 0. The lowest BCUT2D eigenvalue weighted by Gasteiger charge is -2.11. The average Bonchev–Trinajstić information content (AvgIpc) is 2.75. The molecule has 0 aliphatic rings. The molecule has 1 rings (SSSR count). The van der Waals surface area contributed by atoms with Crippen LogP contribution in [-0.2, 0) is 0 Å². The van der Waals surface area contributed by atoms with Gasteiger partial charge in [0, 0.05) is 17.1 Å². The van der Waals surface area contributed by atoms with Crippen molar-refractivity contribution in [2.45, 2.75) is 33.2 Å². The Hall–Kier alpha value is -0.0600. The zero-order valence-corrected chi connectivity index (χ0v) is 12.0. The number of rotatable bonds is 8. The van der Waals surface area contributed by atoms with Crippen molar-refractivity contribution in [1.29, 1.82) is 0 Å². The molecule has 0 saturated heterocycles. The van der Waals surface area contributed by atoms with Crippen LogP contribution in [0.4, 0.5) is 0 Å². The smallest absolute Gasteiger partial charge is 0.0794 e. The molecule has 1 aromatic rings. The number of thiazole rings is 1. The molecular weight excluding hydrogens is 236 g/mol. The van der Waals surface area contributed by atoms with E-state index in [0.29, 0.717) is 6.04 Å². The van der Waals surface area contributed by atoms with Crippen LogP contribution in [0.3, 0.4) is 0 Å². The van der Waals surface area contributed by atoms with E-state index in [4.69, 9.17) is 0 Å². The van der Waals surface area contributed by atoms with Crippen LogP contribution in [0.1, 0.15) is 38.1 Å². The van der Waals surface area contributed by atoms with Crippen LogP contribution in [-0.4, -0.2) is 23.0 Å². The van der Waals surface area contributed by atoms with E-state index in [1.807, 2.05) is 11.7 Å². The summed E-state index contributed by atoms with van der Waals surface area (Å²) in [4.78, 5) is 5.42. The Balaban J connectivity index is 1.99. The van der Waals surface area contributed by atoms with Crippen molar-refractivity contribution in [2.75, 3.05) is 18.1 Å². The molecule has 1 unspecified atom stereocenters. The maximum atomic E-state index is 4.09. The van der Waals surface area contributed by atoms with Crippen molar-refractivity contribution >= 4 is 23.1 Å². The Morgan fingerprint density at radius 3 is 2.88 bits per heavy atom. The zero-order valence-electron chi connectivity index (χ0n) is 10.4.